The van der Waals surface area contributed by atoms with Gasteiger partial charge in [-0.2, -0.15) is 0 Å². The first kappa shape index (κ1) is 8.83. The largest absolute Gasteiger partial charge is 0.591 e. The van der Waals surface area contributed by atoms with Gasteiger partial charge < -0.3 is 19.8 Å². The fourth-order valence-electron chi connectivity index (χ4n) is 0.807. The molecular weight excluding hydrogens is 159 g/mol. The Morgan fingerprint density at radius 1 is 1.50 bits per heavy atom. The normalized spacial score (nSPS) is 16.1. The summed E-state index contributed by atoms with van der Waals surface area (Å²) in [6.45, 7) is 0. The van der Waals surface area contributed by atoms with E-state index < -0.39 is 7.25 Å². The Morgan fingerprint density at radius 2 is 2.17 bits per heavy atom. The van der Waals surface area contributed by atoms with E-state index in [-0.39, 0.29) is 0 Å². The maximum absolute atomic E-state index is 10.4. The average Bonchev–Trinajstić information content (AvgIpc) is 2.05. The molecule has 1 aliphatic rings. The molecule has 12 heavy (non-hydrogen) atoms. The Bertz CT molecular complexity index is 239. The summed E-state index contributed by atoms with van der Waals surface area (Å²) in [6, 6.07) is 0. The van der Waals surface area contributed by atoms with Crippen LogP contribution in [0.25, 0.3) is 0 Å². The number of hydrogen-bond acceptors (Lipinski definition) is 5. The molecule has 1 heterocycles. The van der Waals surface area contributed by atoms with Crippen molar-refractivity contribution in [2.75, 3.05) is 7.05 Å². The second-order valence-electron chi connectivity index (χ2n) is 2.37. The van der Waals surface area contributed by atoms with Crippen LogP contribution in [-0.2, 0) is 4.79 Å². The van der Waals surface area contributed by atoms with Gasteiger partial charge in [0.15, 0.2) is 6.29 Å². The fraction of sp³-hybridized carbons (Fsp3) is 0.167. The van der Waals surface area contributed by atoms with E-state index in [4.69, 9.17) is 10.0 Å². The predicted molar refractivity (Wildman–Crippen MR) is 43.1 cm³/mol. The number of nitrogens with zero attached hydrogens (tertiary/aromatic N) is 2. The zero-order chi connectivity index (χ0) is 9.14. The molecule has 0 fully saturated rings. The minimum atomic E-state index is -1.61. The summed E-state index contributed by atoms with van der Waals surface area (Å²) >= 11 is 0. The molecular formula is C6H9BN2O3. The van der Waals surface area contributed by atoms with E-state index in [0.29, 0.717) is 12.0 Å². The molecule has 0 radical (unpaired) electrons. The molecule has 1 rings (SSSR count). The van der Waals surface area contributed by atoms with Crippen molar-refractivity contribution in [1.29, 1.82) is 0 Å². The van der Waals surface area contributed by atoms with Gasteiger partial charge >= 0.3 is 7.25 Å². The maximum Gasteiger partial charge on any atom is 0.591 e. The van der Waals surface area contributed by atoms with Gasteiger partial charge in [-0.15, -0.1) is 0 Å². The van der Waals surface area contributed by atoms with Crippen LogP contribution in [0.2, 0.25) is 0 Å². The van der Waals surface area contributed by atoms with Crippen LogP contribution >= 0.6 is 0 Å². The fourth-order valence-corrected chi connectivity index (χ4v) is 0.807. The average molecular weight is 168 g/mol. The highest BCUT2D eigenvalue weighted by Gasteiger charge is 2.18. The number of likely N-dealkylation sites (N-methyl/N-ethyl adjacent to an activating group) is 1. The zero-order valence-electron chi connectivity index (χ0n) is 6.58. The zero-order valence-corrected chi connectivity index (χ0v) is 6.58. The van der Waals surface area contributed by atoms with E-state index in [2.05, 4.69) is 0 Å². The van der Waals surface area contributed by atoms with Gasteiger partial charge in [0.25, 0.3) is 0 Å². The second-order valence-corrected chi connectivity index (χ2v) is 2.37. The van der Waals surface area contributed by atoms with Crippen LogP contribution in [0.5, 0.6) is 0 Å². The van der Waals surface area contributed by atoms with Gasteiger partial charge in [-0.05, 0) is 0 Å². The molecule has 0 saturated heterocycles. The van der Waals surface area contributed by atoms with E-state index in [9.17, 15) is 4.79 Å². The predicted octanol–water partition coefficient (Wildman–Crippen LogP) is -1.29. The van der Waals surface area contributed by atoms with Crippen molar-refractivity contribution in [1.82, 2.24) is 9.71 Å². The first-order chi connectivity index (χ1) is 5.65. The summed E-state index contributed by atoms with van der Waals surface area (Å²) in [5, 5.41) is 17.5. The second kappa shape index (κ2) is 3.42. The smallest absolute Gasteiger partial charge is 0.407 e. The van der Waals surface area contributed by atoms with Crippen molar-refractivity contribution in [3.05, 3.63) is 24.3 Å². The monoisotopic (exact) mass is 168 g/mol. The van der Waals surface area contributed by atoms with Gasteiger partial charge in [0.2, 0.25) is 0 Å². The Labute approximate surface area is 70.4 Å². The van der Waals surface area contributed by atoms with Crippen molar-refractivity contribution in [3.63, 3.8) is 0 Å². The molecule has 0 aromatic heterocycles. The first-order valence-electron chi connectivity index (χ1n) is 3.37. The molecule has 0 bridgehead atoms. The first-order valence-corrected chi connectivity index (χ1v) is 3.37. The number of aldehydes is 1. The molecule has 0 unspecified atom stereocenters. The van der Waals surface area contributed by atoms with Gasteiger partial charge in [0.1, 0.15) is 0 Å². The van der Waals surface area contributed by atoms with Gasteiger partial charge in [-0.3, -0.25) is 4.79 Å². The lowest BCUT2D eigenvalue weighted by molar-refractivity contribution is -0.105. The van der Waals surface area contributed by atoms with E-state index in [0.717, 1.165) is 4.81 Å². The summed E-state index contributed by atoms with van der Waals surface area (Å²) in [4.78, 5) is 13.1. The van der Waals surface area contributed by atoms with E-state index in [1.807, 2.05) is 0 Å². The summed E-state index contributed by atoms with van der Waals surface area (Å²) in [5.41, 5.74) is 0.366. The minimum absolute atomic E-state index is 0.366. The van der Waals surface area contributed by atoms with E-state index in [1.165, 1.54) is 12.4 Å². The quantitative estimate of drug-likeness (QED) is 0.397. The standard InChI is InChI=1S/C6H9BN2O3/c1-8-2-3-9(7(11)12)4-6(8)5-10/h2-5,11-12H,1H3. The number of allylic oxidation sites excluding steroid dienone is 1. The lowest BCUT2D eigenvalue weighted by atomic mass is 10.1. The van der Waals surface area contributed by atoms with Crippen LogP contribution in [0.4, 0.5) is 0 Å². The van der Waals surface area contributed by atoms with Crippen molar-refractivity contribution < 1.29 is 14.8 Å². The van der Waals surface area contributed by atoms with Crippen molar-refractivity contribution in [2.45, 2.75) is 0 Å². The third-order valence-corrected chi connectivity index (χ3v) is 1.54. The lowest BCUT2D eigenvalue weighted by Crippen LogP contribution is -2.35. The highest BCUT2D eigenvalue weighted by atomic mass is 16.4. The van der Waals surface area contributed by atoms with Gasteiger partial charge in [-0.1, -0.05) is 0 Å². The molecule has 0 aliphatic carbocycles. The van der Waals surface area contributed by atoms with Gasteiger partial charge in [-0.25, -0.2) is 0 Å². The Hall–Kier alpha value is -1.27. The molecule has 5 nitrogen and oxygen atoms in total. The van der Waals surface area contributed by atoms with Crippen molar-refractivity contribution in [3.8, 4) is 0 Å². The molecule has 0 aromatic carbocycles. The molecule has 2 N–H and O–H groups in total. The minimum Gasteiger partial charge on any atom is -0.407 e. The van der Waals surface area contributed by atoms with E-state index in [1.54, 1.807) is 18.1 Å². The van der Waals surface area contributed by atoms with Crippen LogP contribution in [0.3, 0.4) is 0 Å². The van der Waals surface area contributed by atoms with Crippen LogP contribution < -0.4 is 0 Å². The molecule has 0 atom stereocenters. The van der Waals surface area contributed by atoms with Gasteiger partial charge in [0, 0.05) is 25.6 Å². The third-order valence-electron chi connectivity index (χ3n) is 1.54. The maximum atomic E-state index is 10.4. The van der Waals surface area contributed by atoms with Crippen LogP contribution in [0.1, 0.15) is 0 Å². The van der Waals surface area contributed by atoms with Crippen LogP contribution in [0, 0.1) is 0 Å². The Morgan fingerprint density at radius 3 is 2.67 bits per heavy atom. The number of hydrogen-bond donors (Lipinski definition) is 2. The van der Waals surface area contributed by atoms with E-state index >= 15 is 0 Å². The third kappa shape index (κ3) is 1.66. The summed E-state index contributed by atoms with van der Waals surface area (Å²) in [7, 11) is 0.0857. The molecule has 6 heteroatoms. The highest BCUT2D eigenvalue weighted by Crippen LogP contribution is 2.08. The topological polar surface area (TPSA) is 64.0 Å². The van der Waals surface area contributed by atoms with Crippen LogP contribution in [-0.4, -0.2) is 40.3 Å². The summed E-state index contributed by atoms with van der Waals surface area (Å²) in [6.07, 6.45) is 5.00. The summed E-state index contributed by atoms with van der Waals surface area (Å²) in [5.74, 6) is 0. The molecule has 0 saturated carbocycles. The van der Waals surface area contributed by atoms with Crippen molar-refractivity contribution >= 4 is 13.5 Å². The Balaban J connectivity index is 2.79. The van der Waals surface area contributed by atoms with Crippen molar-refractivity contribution in [2.24, 2.45) is 0 Å². The number of rotatable bonds is 2. The molecule has 1 aliphatic heterocycles. The molecule has 0 spiro atoms. The lowest BCUT2D eigenvalue weighted by Gasteiger charge is -2.24. The summed E-state index contributed by atoms with van der Waals surface area (Å²) < 4.78 is 0. The molecule has 0 aromatic rings. The molecule has 0 amide bonds. The number of carbonyl (C=O) groups is 1. The van der Waals surface area contributed by atoms with Gasteiger partial charge in [0.05, 0.1) is 5.70 Å². The number of carbonyl (C=O) groups excluding carboxylic acids is 1. The SMILES string of the molecule is CN1C=CN(B(O)O)C=C1C=O. The Kier molecular flexibility index (Phi) is 2.52. The highest BCUT2D eigenvalue weighted by molar-refractivity contribution is 6.38. The molecule has 64 valence electrons. The van der Waals surface area contributed by atoms with Crippen LogP contribution in [0.15, 0.2) is 24.3 Å².